The number of aromatic nitrogens is 1. The monoisotopic (exact) mass is 342 g/mol. The Morgan fingerprint density at radius 1 is 0.885 bits per heavy atom. The fourth-order valence-corrected chi connectivity index (χ4v) is 3.40. The van der Waals surface area contributed by atoms with Gasteiger partial charge < -0.3 is 5.32 Å². The average molecular weight is 342 g/mol. The Bertz CT molecular complexity index is 1130. The number of carbonyl (C=O) groups excluding carboxylic acids is 2. The summed E-state index contributed by atoms with van der Waals surface area (Å²) in [5.41, 5.74) is 5.29. The Hall–Kier alpha value is -3.27. The third-order valence-electron chi connectivity index (χ3n) is 4.87. The zero-order chi connectivity index (χ0) is 18.4. The molecular weight excluding hydrogens is 324 g/mol. The molecular formula is C22H18N2O2. The van der Waals surface area contributed by atoms with Gasteiger partial charge in [-0.3, -0.25) is 9.59 Å². The second-order valence-corrected chi connectivity index (χ2v) is 6.62. The minimum Gasteiger partial charge on any atom is -0.352 e. The first-order valence-corrected chi connectivity index (χ1v) is 8.50. The van der Waals surface area contributed by atoms with Gasteiger partial charge in [0.05, 0.1) is 16.8 Å². The molecule has 1 aliphatic rings. The van der Waals surface area contributed by atoms with Crippen molar-refractivity contribution in [1.29, 1.82) is 0 Å². The molecule has 1 heterocycles. The third kappa shape index (κ3) is 2.42. The van der Waals surface area contributed by atoms with E-state index in [9.17, 15) is 9.59 Å². The first-order valence-electron chi connectivity index (χ1n) is 8.50. The number of hydrogen-bond acceptors (Lipinski definition) is 4. The van der Waals surface area contributed by atoms with E-state index in [1.54, 1.807) is 0 Å². The number of nitrogens with zero attached hydrogens (tertiary/aromatic N) is 1. The summed E-state index contributed by atoms with van der Waals surface area (Å²) in [6.07, 6.45) is 1.35. The van der Waals surface area contributed by atoms with E-state index in [0.29, 0.717) is 5.56 Å². The number of carbonyl (C=O) groups is 2. The summed E-state index contributed by atoms with van der Waals surface area (Å²) in [5.74, 6) is -0.444. The van der Waals surface area contributed by atoms with E-state index in [2.05, 4.69) is 10.3 Å². The first-order chi connectivity index (χ1) is 12.5. The first kappa shape index (κ1) is 16.2. The number of rotatable bonds is 2. The quantitative estimate of drug-likeness (QED) is 0.743. The van der Waals surface area contributed by atoms with E-state index in [1.165, 1.54) is 6.08 Å². The van der Waals surface area contributed by atoms with Crippen LogP contribution in [-0.4, -0.2) is 16.6 Å². The van der Waals surface area contributed by atoms with Crippen LogP contribution >= 0.6 is 0 Å². The van der Waals surface area contributed by atoms with Crippen LogP contribution in [0.4, 0.5) is 5.69 Å². The van der Waals surface area contributed by atoms with Gasteiger partial charge in [0.25, 0.3) is 0 Å². The van der Waals surface area contributed by atoms with Crippen molar-refractivity contribution in [2.24, 2.45) is 0 Å². The van der Waals surface area contributed by atoms with Crippen LogP contribution in [0.1, 0.15) is 37.5 Å². The molecule has 1 N–H and O–H groups in total. The van der Waals surface area contributed by atoms with Crippen molar-refractivity contribution in [2.45, 2.75) is 20.8 Å². The maximum Gasteiger partial charge on any atom is 0.211 e. The van der Waals surface area contributed by atoms with Gasteiger partial charge in [0, 0.05) is 17.1 Å². The van der Waals surface area contributed by atoms with Crippen LogP contribution in [0.5, 0.6) is 0 Å². The van der Waals surface area contributed by atoms with E-state index in [1.807, 2.05) is 63.2 Å². The minimum atomic E-state index is -0.246. The maximum atomic E-state index is 13.1. The number of pyridine rings is 1. The number of aryl methyl sites for hydroxylation is 3. The zero-order valence-corrected chi connectivity index (χ0v) is 14.9. The Balaban J connectivity index is 1.87. The number of hydrogen-bond donors (Lipinski definition) is 1. The number of para-hydroxylation sites is 2. The highest BCUT2D eigenvalue weighted by molar-refractivity contribution is 6.26. The lowest BCUT2D eigenvalue weighted by atomic mass is 9.90. The van der Waals surface area contributed by atoms with Gasteiger partial charge in [-0.05, 0) is 43.5 Å². The van der Waals surface area contributed by atoms with Gasteiger partial charge in [-0.15, -0.1) is 0 Å². The number of allylic oxidation sites excluding steroid dienone is 2. The number of fused-ring (bicyclic) bond motifs is 2. The third-order valence-corrected chi connectivity index (χ3v) is 4.87. The second-order valence-electron chi connectivity index (χ2n) is 6.62. The van der Waals surface area contributed by atoms with Crippen molar-refractivity contribution in [3.63, 3.8) is 0 Å². The van der Waals surface area contributed by atoms with Crippen LogP contribution in [0.25, 0.3) is 10.9 Å². The van der Waals surface area contributed by atoms with Gasteiger partial charge in [0.2, 0.25) is 11.6 Å². The number of anilines is 1. The summed E-state index contributed by atoms with van der Waals surface area (Å²) >= 11 is 0. The molecule has 0 spiro atoms. The van der Waals surface area contributed by atoms with Crippen LogP contribution in [0.15, 0.2) is 54.2 Å². The maximum absolute atomic E-state index is 13.1. The molecule has 0 atom stereocenters. The van der Waals surface area contributed by atoms with Crippen molar-refractivity contribution < 1.29 is 9.59 Å². The summed E-state index contributed by atoms with van der Waals surface area (Å²) in [4.78, 5) is 30.3. The Morgan fingerprint density at radius 3 is 2.38 bits per heavy atom. The van der Waals surface area contributed by atoms with Gasteiger partial charge in [-0.2, -0.15) is 0 Å². The highest BCUT2D eigenvalue weighted by atomic mass is 16.1. The lowest BCUT2D eigenvalue weighted by Gasteiger charge is -2.20. The Morgan fingerprint density at radius 2 is 1.62 bits per heavy atom. The summed E-state index contributed by atoms with van der Waals surface area (Å²) in [5, 5.41) is 4.02. The second kappa shape index (κ2) is 5.92. The Labute approximate surface area is 151 Å². The van der Waals surface area contributed by atoms with Gasteiger partial charge in [0.1, 0.15) is 5.69 Å². The van der Waals surface area contributed by atoms with Crippen LogP contribution < -0.4 is 5.32 Å². The number of ketones is 2. The topological polar surface area (TPSA) is 59.1 Å². The normalized spacial score (nSPS) is 13.6. The van der Waals surface area contributed by atoms with Gasteiger partial charge >= 0.3 is 0 Å². The summed E-state index contributed by atoms with van der Waals surface area (Å²) in [6.45, 7) is 5.79. The molecule has 0 bridgehead atoms. The molecule has 1 aliphatic carbocycles. The van der Waals surface area contributed by atoms with Crippen molar-refractivity contribution in [2.75, 3.05) is 5.32 Å². The highest BCUT2D eigenvalue weighted by Crippen LogP contribution is 2.30. The number of benzene rings is 2. The van der Waals surface area contributed by atoms with Crippen LogP contribution in [0, 0.1) is 20.8 Å². The predicted octanol–water partition coefficient (Wildman–Crippen LogP) is 4.54. The average Bonchev–Trinajstić information content (AvgIpc) is 2.62. The molecule has 0 saturated heterocycles. The van der Waals surface area contributed by atoms with E-state index in [-0.39, 0.29) is 23.0 Å². The molecule has 3 aromatic rings. The molecule has 0 saturated carbocycles. The fraction of sp³-hybridized carbons (Fsp3) is 0.136. The molecule has 128 valence electrons. The molecule has 4 heteroatoms. The van der Waals surface area contributed by atoms with Gasteiger partial charge in [-0.25, -0.2) is 4.98 Å². The van der Waals surface area contributed by atoms with E-state index in [0.717, 1.165) is 33.3 Å². The molecule has 4 nitrogen and oxygen atoms in total. The van der Waals surface area contributed by atoms with Crippen LogP contribution in [-0.2, 0) is 0 Å². The van der Waals surface area contributed by atoms with Crippen molar-refractivity contribution in [3.05, 3.63) is 82.2 Å². The summed E-state index contributed by atoms with van der Waals surface area (Å²) in [7, 11) is 0. The minimum absolute atomic E-state index is 0.198. The molecule has 0 amide bonds. The lowest BCUT2D eigenvalue weighted by molar-refractivity contribution is 0.0982. The Kier molecular flexibility index (Phi) is 3.69. The van der Waals surface area contributed by atoms with E-state index in [4.69, 9.17) is 0 Å². The summed E-state index contributed by atoms with van der Waals surface area (Å²) in [6, 6.07) is 13.5. The van der Waals surface area contributed by atoms with Crippen molar-refractivity contribution in [3.8, 4) is 0 Å². The molecule has 0 radical (unpaired) electrons. The van der Waals surface area contributed by atoms with E-state index >= 15 is 0 Å². The molecule has 4 rings (SSSR count). The molecule has 2 aromatic carbocycles. The predicted molar refractivity (Wildman–Crippen MR) is 103 cm³/mol. The molecule has 0 aliphatic heterocycles. The van der Waals surface area contributed by atoms with Gasteiger partial charge in [-0.1, -0.05) is 36.4 Å². The number of Topliss-reactive ketones (excluding diaryl/α,β-unsaturated/α-hetero) is 1. The fourth-order valence-electron chi connectivity index (χ4n) is 3.40. The van der Waals surface area contributed by atoms with Crippen LogP contribution in [0.2, 0.25) is 0 Å². The smallest absolute Gasteiger partial charge is 0.211 e. The SMILES string of the molecule is Cc1ccccc1NC1=CC(=O)c2nc3c(C)cccc3c(C)c2C1=O. The van der Waals surface area contributed by atoms with Crippen molar-refractivity contribution in [1.82, 2.24) is 4.98 Å². The zero-order valence-electron chi connectivity index (χ0n) is 14.9. The molecule has 0 unspecified atom stereocenters. The largest absolute Gasteiger partial charge is 0.352 e. The number of nitrogens with one attached hydrogen (secondary N) is 1. The van der Waals surface area contributed by atoms with Gasteiger partial charge in [0.15, 0.2) is 0 Å². The highest BCUT2D eigenvalue weighted by Gasteiger charge is 2.30. The summed E-state index contributed by atoms with van der Waals surface area (Å²) < 4.78 is 0. The lowest BCUT2D eigenvalue weighted by Crippen LogP contribution is -2.24. The molecule has 0 fully saturated rings. The van der Waals surface area contributed by atoms with Crippen LogP contribution in [0.3, 0.4) is 0 Å². The van der Waals surface area contributed by atoms with Crippen molar-refractivity contribution >= 4 is 28.2 Å². The molecule has 26 heavy (non-hydrogen) atoms. The van der Waals surface area contributed by atoms with E-state index < -0.39 is 0 Å². The standard InChI is InChI=1S/C22H18N2O2/c1-12-7-4-5-10-16(12)23-17-11-18(25)21-19(22(17)26)14(3)15-9-6-8-13(2)20(15)24-21/h4-11,23H,1-3H3. The molecule has 1 aromatic heterocycles.